The van der Waals surface area contributed by atoms with Gasteiger partial charge in [-0.2, -0.15) is 5.10 Å². The van der Waals surface area contributed by atoms with Gasteiger partial charge >= 0.3 is 0 Å². The van der Waals surface area contributed by atoms with Crippen molar-refractivity contribution in [3.63, 3.8) is 0 Å². The van der Waals surface area contributed by atoms with E-state index in [1.165, 1.54) is 0 Å². The van der Waals surface area contributed by atoms with Crippen LogP contribution in [0, 0.1) is 0 Å². The fraction of sp³-hybridized carbons (Fsp3) is 0.125. The summed E-state index contributed by atoms with van der Waals surface area (Å²) in [6, 6.07) is 11.2. The van der Waals surface area contributed by atoms with Crippen molar-refractivity contribution < 1.29 is 4.74 Å². The quantitative estimate of drug-likeness (QED) is 0.384. The number of H-pyrrole nitrogens is 1. The summed E-state index contributed by atoms with van der Waals surface area (Å²) in [6.45, 7) is 1.83. The maximum absolute atomic E-state index is 5.23. The minimum absolute atomic E-state index is 0.383. The lowest BCUT2D eigenvalue weighted by Gasteiger charge is -2.08. The van der Waals surface area contributed by atoms with Gasteiger partial charge in [0.05, 0.1) is 12.6 Å². The lowest BCUT2D eigenvalue weighted by molar-refractivity contribution is 0.415. The number of pyridine rings is 1. The third kappa shape index (κ3) is 3.66. The highest BCUT2D eigenvalue weighted by molar-refractivity contribution is 7.80. The Morgan fingerprint density at radius 2 is 2.04 bits per heavy atom. The van der Waals surface area contributed by atoms with Crippen LogP contribution in [0.15, 0.2) is 47.7 Å². The monoisotopic (exact) mass is 340 g/mol. The molecule has 0 spiro atoms. The highest BCUT2D eigenvalue weighted by Gasteiger charge is 2.06. The number of ether oxygens (including phenoxy) is 1. The fourth-order valence-electron chi connectivity index (χ4n) is 2.04. The number of hydrogen-bond donors (Lipinski definition) is 3. The van der Waals surface area contributed by atoms with Crippen LogP contribution in [-0.4, -0.2) is 32.9 Å². The van der Waals surface area contributed by atoms with Crippen LogP contribution in [0.1, 0.15) is 12.7 Å². The van der Waals surface area contributed by atoms with Gasteiger partial charge in [0.25, 0.3) is 0 Å². The molecule has 2 aromatic heterocycles. The molecule has 8 heteroatoms. The van der Waals surface area contributed by atoms with Gasteiger partial charge in [0.1, 0.15) is 11.5 Å². The molecule has 7 nitrogen and oxygen atoms in total. The van der Waals surface area contributed by atoms with Gasteiger partial charge in [0.2, 0.25) is 0 Å². The predicted molar refractivity (Wildman–Crippen MR) is 98.5 cm³/mol. The third-order valence-electron chi connectivity index (χ3n) is 3.27. The Balaban J connectivity index is 1.64. The molecule has 0 fully saturated rings. The summed E-state index contributed by atoms with van der Waals surface area (Å²) >= 11 is 5.23. The molecule has 0 saturated heterocycles. The zero-order chi connectivity index (χ0) is 16.9. The lowest BCUT2D eigenvalue weighted by Crippen LogP contribution is -2.25. The Morgan fingerprint density at radius 1 is 1.25 bits per heavy atom. The summed E-state index contributed by atoms with van der Waals surface area (Å²) in [4.78, 5) is 11.7. The number of rotatable bonds is 4. The molecule has 0 aliphatic rings. The van der Waals surface area contributed by atoms with E-state index in [2.05, 4.69) is 30.8 Å². The Kier molecular flexibility index (Phi) is 4.66. The molecule has 3 N–H and O–H groups in total. The van der Waals surface area contributed by atoms with Gasteiger partial charge in [-0.1, -0.05) is 0 Å². The fourth-order valence-corrected chi connectivity index (χ4v) is 2.20. The van der Waals surface area contributed by atoms with Crippen LogP contribution in [0.25, 0.3) is 11.2 Å². The van der Waals surface area contributed by atoms with Crippen LogP contribution >= 0.6 is 12.2 Å². The molecule has 0 radical (unpaired) electrons. The molecular weight excluding hydrogens is 324 g/mol. The molecule has 3 rings (SSSR count). The molecule has 3 aromatic rings. The highest BCUT2D eigenvalue weighted by Crippen LogP contribution is 2.14. The summed E-state index contributed by atoms with van der Waals surface area (Å²) in [5, 5.41) is 7.66. The third-order valence-corrected chi connectivity index (χ3v) is 3.47. The molecule has 2 heterocycles. The maximum atomic E-state index is 5.23. The summed E-state index contributed by atoms with van der Waals surface area (Å²) in [6.07, 6.45) is 1.70. The molecule has 0 bridgehead atoms. The van der Waals surface area contributed by atoms with E-state index in [9.17, 15) is 0 Å². The van der Waals surface area contributed by atoms with Crippen LogP contribution in [0.2, 0.25) is 0 Å². The minimum atomic E-state index is 0.383. The number of aromatic amines is 1. The van der Waals surface area contributed by atoms with Crippen molar-refractivity contribution >= 4 is 39.9 Å². The predicted octanol–water partition coefficient (Wildman–Crippen LogP) is 2.68. The van der Waals surface area contributed by atoms with Gasteiger partial charge in [-0.05, 0) is 55.5 Å². The number of hydrogen-bond acceptors (Lipinski definition) is 5. The lowest BCUT2D eigenvalue weighted by atomic mass is 10.3. The van der Waals surface area contributed by atoms with Crippen LogP contribution < -0.4 is 15.5 Å². The number of hydrazone groups is 1. The van der Waals surface area contributed by atoms with Gasteiger partial charge in [-0.25, -0.2) is 9.97 Å². The number of thiocarbonyl (C=S) groups is 1. The average Bonchev–Trinajstić information content (AvgIpc) is 3.04. The van der Waals surface area contributed by atoms with Crippen molar-refractivity contribution in [1.82, 2.24) is 20.4 Å². The van der Waals surface area contributed by atoms with E-state index in [1.807, 2.05) is 43.3 Å². The van der Waals surface area contributed by atoms with E-state index in [0.29, 0.717) is 22.3 Å². The molecular formula is C16H16N6OS. The molecule has 0 aliphatic heterocycles. The number of aromatic nitrogens is 3. The standard InChI is InChI=1S/C16H16N6OS/c1-10(14-19-13-4-3-9-17-15(13)20-14)21-22-16(24)18-11-5-7-12(23-2)8-6-11/h3-9H,1-2H3,(H,17,19,20)(H2,18,22,24)/b21-10+. The largest absolute Gasteiger partial charge is 0.497 e. The first-order valence-corrected chi connectivity index (χ1v) is 7.63. The Labute approximate surface area is 144 Å². The number of benzene rings is 1. The second kappa shape index (κ2) is 7.05. The van der Waals surface area contributed by atoms with Crippen molar-refractivity contribution in [3.8, 4) is 5.75 Å². The number of anilines is 1. The van der Waals surface area contributed by atoms with E-state index in [4.69, 9.17) is 17.0 Å². The Hall–Kier alpha value is -3.00. The molecule has 0 aliphatic carbocycles. The minimum Gasteiger partial charge on any atom is -0.497 e. The number of fused-ring (bicyclic) bond motifs is 1. The SMILES string of the molecule is COc1ccc(NC(=S)N/N=C(\C)c2nc3ncccc3[nH]2)cc1. The first-order chi connectivity index (χ1) is 11.7. The van der Waals surface area contributed by atoms with Crippen LogP contribution in [0.3, 0.4) is 0 Å². The number of nitrogens with zero attached hydrogens (tertiary/aromatic N) is 3. The molecule has 0 atom stereocenters. The zero-order valence-corrected chi connectivity index (χ0v) is 14.0. The second-order valence-electron chi connectivity index (χ2n) is 4.95. The first kappa shape index (κ1) is 15.9. The van der Waals surface area contributed by atoms with Crippen molar-refractivity contribution in [1.29, 1.82) is 0 Å². The summed E-state index contributed by atoms with van der Waals surface area (Å²) in [5.41, 5.74) is 5.83. The van der Waals surface area contributed by atoms with Crippen LogP contribution in [0.5, 0.6) is 5.75 Å². The molecule has 24 heavy (non-hydrogen) atoms. The number of methoxy groups -OCH3 is 1. The summed E-state index contributed by atoms with van der Waals surface area (Å²) in [7, 11) is 1.62. The van der Waals surface area contributed by atoms with Gasteiger partial charge < -0.3 is 15.0 Å². The Bertz CT molecular complexity index is 854. The normalized spacial score (nSPS) is 11.3. The highest BCUT2D eigenvalue weighted by atomic mass is 32.1. The van der Waals surface area contributed by atoms with E-state index < -0.39 is 0 Å². The van der Waals surface area contributed by atoms with Gasteiger partial charge in [-0.15, -0.1) is 0 Å². The molecule has 122 valence electrons. The van der Waals surface area contributed by atoms with Crippen molar-refractivity contribution in [2.45, 2.75) is 6.92 Å². The maximum Gasteiger partial charge on any atom is 0.191 e. The molecule has 0 amide bonds. The van der Waals surface area contributed by atoms with Gasteiger partial charge in [0, 0.05) is 11.9 Å². The van der Waals surface area contributed by atoms with Crippen molar-refractivity contribution in [2.24, 2.45) is 5.10 Å². The molecule has 0 unspecified atom stereocenters. The zero-order valence-electron chi connectivity index (χ0n) is 13.2. The van der Waals surface area contributed by atoms with Crippen LogP contribution in [0.4, 0.5) is 5.69 Å². The average molecular weight is 340 g/mol. The van der Waals surface area contributed by atoms with E-state index in [1.54, 1.807) is 13.3 Å². The van der Waals surface area contributed by atoms with Crippen molar-refractivity contribution in [3.05, 3.63) is 48.4 Å². The second-order valence-corrected chi connectivity index (χ2v) is 5.36. The van der Waals surface area contributed by atoms with Crippen molar-refractivity contribution in [2.75, 3.05) is 12.4 Å². The van der Waals surface area contributed by atoms with E-state index >= 15 is 0 Å². The smallest absolute Gasteiger partial charge is 0.191 e. The van der Waals surface area contributed by atoms with Gasteiger partial charge in [0.15, 0.2) is 16.6 Å². The van der Waals surface area contributed by atoms with E-state index in [0.717, 1.165) is 17.0 Å². The summed E-state index contributed by atoms with van der Waals surface area (Å²) in [5.74, 6) is 1.43. The number of imidazole rings is 1. The Morgan fingerprint density at radius 3 is 2.75 bits per heavy atom. The summed E-state index contributed by atoms with van der Waals surface area (Å²) < 4.78 is 5.11. The number of nitrogens with one attached hydrogen (secondary N) is 3. The molecule has 1 aromatic carbocycles. The van der Waals surface area contributed by atoms with E-state index in [-0.39, 0.29) is 0 Å². The molecule has 0 saturated carbocycles. The van der Waals surface area contributed by atoms with Crippen LogP contribution in [-0.2, 0) is 0 Å². The topological polar surface area (TPSA) is 87.2 Å². The first-order valence-electron chi connectivity index (χ1n) is 7.22. The van der Waals surface area contributed by atoms with Gasteiger partial charge in [-0.3, -0.25) is 5.43 Å².